The summed E-state index contributed by atoms with van der Waals surface area (Å²) in [6.45, 7) is 2.63. The van der Waals surface area contributed by atoms with E-state index in [2.05, 4.69) is 5.92 Å². The molecule has 0 aliphatic carbocycles. The summed E-state index contributed by atoms with van der Waals surface area (Å²) in [7, 11) is 0. The maximum atomic E-state index is 12.0. The molecule has 2 aromatic carbocycles. The molecule has 3 rings (SSSR count). The van der Waals surface area contributed by atoms with E-state index >= 15 is 0 Å². The zero-order chi connectivity index (χ0) is 15.5. The average Bonchev–Trinajstić information content (AvgIpc) is 2.91. The molecule has 1 unspecified atom stereocenters. The van der Waals surface area contributed by atoms with Gasteiger partial charge in [-0.3, -0.25) is 4.79 Å². The number of carbonyl (C=O) groups excluding carboxylic acids is 1. The Morgan fingerprint density at radius 1 is 1.09 bits per heavy atom. The van der Waals surface area contributed by atoms with Crippen LogP contribution in [0.3, 0.4) is 0 Å². The largest absolute Gasteiger partial charge is 0.457 e. The Balaban J connectivity index is 1.72. The number of ether oxygens (including phenoxy) is 1. The van der Waals surface area contributed by atoms with Crippen LogP contribution in [0.1, 0.15) is 12.0 Å². The van der Waals surface area contributed by atoms with Crippen LogP contribution in [0.5, 0.6) is 11.5 Å². The lowest BCUT2D eigenvalue weighted by Gasteiger charge is -2.16. The first-order valence-corrected chi connectivity index (χ1v) is 7.27. The summed E-state index contributed by atoms with van der Waals surface area (Å²) in [5.74, 6) is 4.28. The number of amides is 1. The van der Waals surface area contributed by atoms with Gasteiger partial charge in [0.1, 0.15) is 11.5 Å². The number of carbonyl (C=O) groups is 1. The van der Waals surface area contributed by atoms with E-state index in [0.29, 0.717) is 13.0 Å². The first-order chi connectivity index (χ1) is 10.7. The molecule has 0 bridgehead atoms. The van der Waals surface area contributed by atoms with Gasteiger partial charge in [0.25, 0.3) is 0 Å². The number of rotatable bonds is 3. The minimum atomic E-state index is 0.0102. The normalized spacial score (nSPS) is 17.4. The summed E-state index contributed by atoms with van der Waals surface area (Å²) < 4.78 is 5.78. The Kier molecular flexibility index (Phi) is 3.84. The Labute approximate surface area is 130 Å². The van der Waals surface area contributed by atoms with E-state index in [0.717, 1.165) is 17.2 Å². The number of nitrogens with zero attached hydrogens (tertiary/aromatic N) is 1. The highest BCUT2D eigenvalue weighted by Gasteiger charge is 2.29. The van der Waals surface area contributed by atoms with Crippen LogP contribution in [0.4, 0.5) is 5.69 Å². The van der Waals surface area contributed by atoms with Gasteiger partial charge in [-0.2, -0.15) is 0 Å². The minimum absolute atomic E-state index is 0.0102. The second-order valence-corrected chi connectivity index (χ2v) is 5.48. The van der Waals surface area contributed by atoms with Gasteiger partial charge < -0.3 is 9.64 Å². The first kappa shape index (κ1) is 14.2. The number of aryl methyl sites for hydroxylation is 1. The van der Waals surface area contributed by atoms with Crippen LogP contribution in [0, 0.1) is 25.2 Å². The highest BCUT2D eigenvalue weighted by molar-refractivity contribution is 5.96. The topological polar surface area (TPSA) is 29.5 Å². The third-order valence-electron chi connectivity index (χ3n) is 3.77. The zero-order valence-electron chi connectivity index (χ0n) is 12.5. The molecule has 0 saturated carbocycles. The van der Waals surface area contributed by atoms with E-state index in [1.165, 1.54) is 5.56 Å². The molecule has 3 heteroatoms. The molecule has 1 saturated heterocycles. The maximum absolute atomic E-state index is 12.0. The molecular formula is C19H17NO2. The molecule has 1 atom stereocenters. The predicted molar refractivity (Wildman–Crippen MR) is 87.0 cm³/mol. The quantitative estimate of drug-likeness (QED) is 0.806. The fourth-order valence-electron chi connectivity index (χ4n) is 2.51. The van der Waals surface area contributed by atoms with Crippen LogP contribution in [0.15, 0.2) is 48.5 Å². The number of terminal acetylenes is 1. The van der Waals surface area contributed by atoms with Gasteiger partial charge in [-0.25, -0.2) is 0 Å². The van der Waals surface area contributed by atoms with Crippen molar-refractivity contribution in [1.29, 1.82) is 0 Å². The van der Waals surface area contributed by atoms with Crippen molar-refractivity contribution in [2.75, 3.05) is 11.4 Å². The predicted octanol–water partition coefficient (Wildman–Crippen LogP) is 3.77. The van der Waals surface area contributed by atoms with Gasteiger partial charge in [0, 0.05) is 24.6 Å². The van der Waals surface area contributed by atoms with Crippen molar-refractivity contribution < 1.29 is 9.53 Å². The molecule has 0 aromatic heterocycles. The molecule has 1 aliphatic heterocycles. The van der Waals surface area contributed by atoms with Crippen LogP contribution in [-0.2, 0) is 4.79 Å². The highest BCUT2D eigenvalue weighted by atomic mass is 16.5. The van der Waals surface area contributed by atoms with E-state index in [1.807, 2.05) is 55.5 Å². The smallest absolute Gasteiger partial charge is 0.228 e. The van der Waals surface area contributed by atoms with Crippen LogP contribution in [0.25, 0.3) is 0 Å². The molecule has 2 aromatic rings. The van der Waals surface area contributed by atoms with Crippen molar-refractivity contribution in [3.63, 3.8) is 0 Å². The molecule has 22 heavy (non-hydrogen) atoms. The lowest BCUT2D eigenvalue weighted by Crippen LogP contribution is -2.24. The zero-order valence-corrected chi connectivity index (χ0v) is 12.5. The van der Waals surface area contributed by atoms with E-state index in [4.69, 9.17) is 11.2 Å². The fourth-order valence-corrected chi connectivity index (χ4v) is 2.51. The first-order valence-electron chi connectivity index (χ1n) is 7.27. The third kappa shape index (κ3) is 2.96. The monoisotopic (exact) mass is 291 g/mol. The standard InChI is InChI=1S/C19H17NO2/c1-3-15-12-19(21)20(13-15)16-6-10-18(11-7-16)22-17-8-4-14(2)5-9-17/h1,4-11,15H,12-13H2,2H3. The van der Waals surface area contributed by atoms with Gasteiger partial charge in [-0.05, 0) is 43.3 Å². The third-order valence-corrected chi connectivity index (χ3v) is 3.77. The van der Waals surface area contributed by atoms with E-state index in [-0.39, 0.29) is 11.8 Å². The van der Waals surface area contributed by atoms with Crippen molar-refractivity contribution in [3.05, 3.63) is 54.1 Å². The summed E-state index contributed by atoms with van der Waals surface area (Å²) in [6, 6.07) is 15.4. The Morgan fingerprint density at radius 2 is 1.68 bits per heavy atom. The van der Waals surface area contributed by atoms with E-state index in [1.54, 1.807) is 4.90 Å². The molecule has 1 amide bonds. The van der Waals surface area contributed by atoms with Crippen LogP contribution >= 0.6 is 0 Å². The molecule has 1 fully saturated rings. The van der Waals surface area contributed by atoms with Gasteiger partial charge in [0.2, 0.25) is 5.91 Å². The Morgan fingerprint density at radius 3 is 2.23 bits per heavy atom. The summed E-state index contributed by atoms with van der Waals surface area (Å²) in [5.41, 5.74) is 2.05. The van der Waals surface area contributed by atoms with Crippen molar-refractivity contribution in [2.24, 2.45) is 5.92 Å². The van der Waals surface area contributed by atoms with Gasteiger partial charge in [-0.15, -0.1) is 12.3 Å². The molecule has 1 aliphatic rings. The summed E-state index contributed by atoms with van der Waals surface area (Å²) in [6.07, 6.45) is 5.84. The molecular weight excluding hydrogens is 274 g/mol. The average molecular weight is 291 g/mol. The van der Waals surface area contributed by atoms with Gasteiger partial charge in [-0.1, -0.05) is 17.7 Å². The van der Waals surface area contributed by atoms with Crippen LogP contribution < -0.4 is 9.64 Å². The second-order valence-electron chi connectivity index (χ2n) is 5.48. The van der Waals surface area contributed by atoms with E-state index in [9.17, 15) is 4.79 Å². The molecule has 1 heterocycles. The molecule has 110 valence electrons. The van der Waals surface area contributed by atoms with Crippen LogP contribution in [-0.4, -0.2) is 12.5 Å². The second kappa shape index (κ2) is 5.95. The molecule has 0 radical (unpaired) electrons. The maximum Gasteiger partial charge on any atom is 0.228 e. The molecule has 0 N–H and O–H groups in total. The minimum Gasteiger partial charge on any atom is -0.457 e. The van der Waals surface area contributed by atoms with E-state index < -0.39 is 0 Å². The fraction of sp³-hybridized carbons (Fsp3) is 0.211. The summed E-state index contributed by atoms with van der Waals surface area (Å²) >= 11 is 0. The van der Waals surface area contributed by atoms with Crippen molar-refractivity contribution in [2.45, 2.75) is 13.3 Å². The summed E-state index contributed by atoms with van der Waals surface area (Å²) in [5, 5.41) is 0. The SMILES string of the molecule is C#CC1CC(=O)N(c2ccc(Oc3ccc(C)cc3)cc2)C1. The number of hydrogen-bond donors (Lipinski definition) is 0. The Bertz CT molecular complexity index is 711. The lowest BCUT2D eigenvalue weighted by atomic mass is 10.1. The van der Waals surface area contributed by atoms with Gasteiger partial charge in [0.15, 0.2) is 0 Å². The highest BCUT2D eigenvalue weighted by Crippen LogP contribution is 2.28. The molecule has 0 spiro atoms. The summed E-state index contributed by atoms with van der Waals surface area (Å²) in [4.78, 5) is 13.7. The van der Waals surface area contributed by atoms with Gasteiger partial charge in [0.05, 0.1) is 0 Å². The molecule has 3 nitrogen and oxygen atoms in total. The van der Waals surface area contributed by atoms with Crippen LogP contribution in [0.2, 0.25) is 0 Å². The van der Waals surface area contributed by atoms with Crippen molar-refractivity contribution in [3.8, 4) is 23.8 Å². The number of benzene rings is 2. The van der Waals surface area contributed by atoms with Gasteiger partial charge >= 0.3 is 0 Å². The number of anilines is 1. The lowest BCUT2D eigenvalue weighted by molar-refractivity contribution is -0.117. The number of hydrogen-bond acceptors (Lipinski definition) is 2. The van der Waals surface area contributed by atoms with Crippen molar-refractivity contribution in [1.82, 2.24) is 0 Å². The van der Waals surface area contributed by atoms with Crippen molar-refractivity contribution >= 4 is 11.6 Å². The Hall–Kier alpha value is -2.73.